The van der Waals surface area contributed by atoms with Crippen LogP contribution >= 0.6 is 22.9 Å². The first-order valence-electron chi connectivity index (χ1n) is 7.76. The number of thiophene rings is 1. The van der Waals surface area contributed by atoms with Gasteiger partial charge < -0.3 is 4.74 Å². The van der Waals surface area contributed by atoms with Crippen molar-refractivity contribution < 1.29 is 23.9 Å². The van der Waals surface area contributed by atoms with Crippen molar-refractivity contribution in [3.05, 3.63) is 21.3 Å². The van der Waals surface area contributed by atoms with Crippen molar-refractivity contribution in [1.29, 1.82) is 0 Å². The summed E-state index contributed by atoms with van der Waals surface area (Å²) in [6, 6.07) is 3.14. The van der Waals surface area contributed by atoms with Crippen LogP contribution in [0.4, 0.5) is 0 Å². The Labute approximate surface area is 147 Å². The zero-order valence-electron chi connectivity index (χ0n) is 12.8. The Morgan fingerprint density at radius 3 is 2.33 bits per heavy atom. The first-order chi connectivity index (χ1) is 11.5. The molecule has 2 atom stereocenters. The topological polar surface area (TPSA) is 80.8 Å². The third-order valence-electron chi connectivity index (χ3n) is 4.43. The number of amides is 2. The molecule has 0 spiro atoms. The lowest BCUT2D eigenvalue weighted by atomic mass is 9.81. The van der Waals surface area contributed by atoms with Gasteiger partial charge in [0, 0.05) is 0 Å². The molecule has 3 rings (SSSR count). The van der Waals surface area contributed by atoms with E-state index in [9.17, 15) is 19.2 Å². The predicted octanol–water partition coefficient (Wildman–Crippen LogP) is 2.30. The second-order valence-corrected chi connectivity index (χ2v) is 7.66. The van der Waals surface area contributed by atoms with Gasteiger partial charge in [-0.05, 0) is 25.0 Å². The Morgan fingerprint density at radius 2 is 1.79 bits per heavy atom. The van der Waals surface area contributed by atoms with Crippen LogP contribution < -0.4 is 0 Å². The van der Waals surface area contributed by atoms with Crippen LogP contribution in [0.25, 0.3) is 0 Å². The van der Waals surface area contributed by atoms with E-state index in [-0.39, 0.29) is 29.4 Å². The van der Waals surface area contributed by atoms with Gasteiger partial charge in [0.25, 0.3) is 0 Å². The third-order valence-corrected chi connectivity index (χ3v) is 5.70. The van der Waals surface area contributed by atoms with Crippen molar-refractivity contribution >= 4 is 46.5 Å². The summed E-state index contributed by atoms with van der Waals surface area (Å²) in [5.41, 5.74) is 0. The molecule has 128 valence electrons. The minimum atomic E-state index is -0.758. The van der Waals surface area contributed by atoms with Crippen LogP contribution in [0.5, 0.6) is 0 Å². The molecule has 2 fully saturated rings. The average molecular weight is 370 g/mol. The molecule has 6 nitrogen and oxygen atoms in total. The molecule has 0 N–H and O–H groups in total. The number of esters is 1. The molecular weight excluding hydrogens is 354 g/mol. The van der Waals surface area contributed by atoms with Gasteiger partial charge in [-0.2, -0.15) is 0 Å². The van der Waals surface area contributed by atoms with E-state index in [1.165, 1.54) is 0 Å². The first kappa shape index (κ1) is 17.1. The zero-order chi connectivity index (χ0) is 17.3. The minimum absolute atomic E-state index is 0.294. The Morgan fingerprint density at radius 1 is 1.17 bits per heavy atom. The smallest absolute Gasteiger partial charge is 0.326 e. The average Bonchev–Trinajstić information content (AvgIpc) is 3.11. The maximum absolute atomic E-state index is 12.3. The lowest BCUT2D eigenvalue weighted by Crippen LogP contribution is -2.37. The molecule has 1 saturated heterocycles. The molecule has 0 radical (unpaired) electrons. The lowest BCUT2D eigenvalue weighted by molar-refractivity contribution is -0.152. The van der Waals surface area contributed by atoms with E-state index in [1.54, 1.807) is 12.1 Å². The summed E-state index contributed by atoms with van der Waals surface area (Å²) in [5, 5.41) is 0. The first-order valence-corrected chi connectivity index (χ1v) is 8.96. The molecule has 0 unspecified atom stereocenters. The van der Waals surface area contributed by atoms with Crippen molar-refractivity contribution in [3.8, 4) is 0 Å². The summed E-state index contributed by atoms with van der Waals surface area (Å²) in [6.07, 6.45) is 3.24. The van der Waals surface area contributed by atoms with Crippen molar-refractivity contribution in [2.45, 2.75) is 25.7 Å². The fourth-order valence-corrected chi connectivity index (χ4v) is 4.21. The van der Waals surface area contributed by atoms with Crippen LogP contribution in [0, 0.1) is 11.8 Å². The molecule has 0 bridgehead atoms. The Bertz CT molecular complexity index is 676. The number of carbonyl (C=O) groups is 4. The highest BCUT2D eigenvalue weighted by atomic mass is 35.5. The standard InChI is InChI=1S/C16H16ClNO5S/c17-13-6-5-12(24-13)11(19)8-23-14(20)7-18-15(21)9-3-1-2-4-10(9)16(18)22/h5-6,9-10H,1-4,7-8H2/t9-,10-/m0/s1. The van der Waals surface area contributed by atoms with E-state index in [4.69, 9.17) is 16.3 Å². The summed E-state index contributed by atoms with van der Waals surface area (Å²) in [4.78, 5) is 49.7. The number of Topliss-reactive ketones (excluding diaryl/α,β-unsaturated/α-hetero) is 1. The SMILES string of the molecule is O=C(CN1C(=O)[C@H]2CCCC[C@@H]2C1=O)OCC(=O)c1ccc(Cl)s1. The quantitative estimate of drug-likeness (QED) is 0.452. The zero-order valence-corrected chi connectivity index (χ0v) is 14.4. The summed E-state index contributed by atoms with van der Waals surface area (Å²) in [5.74, 6) is -2.31. The van der Waals surface area contributed by atoms with Gasteiger partial charge in [-0.15, -0.1) is 11.3 Å². The minimum Gasteiger partial charge on any atom is -0.456 e. The lowest BCUT2D eigenvalue weighted by Gasteiger charge is -2.19. The summed E-state index contributed by atoms with van der Waals surface area (Å²) < 4.78 is 5.38. The summed E-state index contributed by atoms with van der Waals surface area (Å²) in [7, 11) is 0. The Balaban J connectivity index is 1.54. The van der Waals surface area contributed by atoms with Gasteiger partial charge in [0.05, 0.1) is 21.0 Å². The highest BCUT2D eigenvalue weighted by Gasteiger charge is 2.48. The van der Waals surface area contributed by atoms with Gasteiger partial charge in [-0.1, -0.05) is 24.4 Å². The molecule has 24 heavy (non-hydrogen) atoms. The number of halogens is 1. The highest BCUT2D eigenvalue weighted by molar-refractivity contribution is 7.18. The largest absolute Gasteiger partial charge is 0.456 e. The number of imide groups is 1. The maximum atomic E-state index is 12.3. The van der Waals surface area contributed by atoms with Crippen LogP contribution in [-0.2, 0) is 19.1 Å². The highest BCUT2D eigenvalue weighted by Crippen LogP contribution is 2.37. The monoisotopic (exact) mass is 369 g/mol. The predicted molar refractivity (Wildman–Crippen MR) is 86.8 cm³/mol. The molecular formula is C16H16ClNO5S. The van der Waals surface area contributed by atoms with Crippen LogP contribution in [0.1, 0.15) is 35.4 Å². The van der Waals surface area contributed by atoms with E-state index in [2.05, 4.69) is 0 Å². The molecule has 0 aromatic carbocycles. The molecule has 1 aliphatic heterocycles. The Kier molecular flexibility index (Phi) is 5.01. The molecule has 8 heteroatoms. The van der Waals surface area contributed by atoms with Crippen molar-refractivity contribution in [2.24, 2.45) is 11.8 Å². The molecule has 2 amide bonds. The molecule has 1 aromatic rings. The maximum Gasteiger partial charge on any atom is 0.326 e. The number of ether oxygens (including phenoxy) is 1. The van der Waals surface area contributed by atoms with Crippen molar-refractivity contribution in [2.75, 3.05) is 13.2 Å². The summed E-state index contributed by atoms with van der Waals surface area (Å²) >= 11 is 6.85. The van der Waals surface area contributed by atoms with Crippen LogP contribution in [-0.4, -0.2) is 41.6 Å². The molecule has 2 heterocycles. The number of ketones is 1. The van der Waals surface area contributed by atoms with Gasteiger partial charge >= 0.3 is 5.97 Å². The number of hydrogen-bond donors (Lipinski definition) is 0. The fraction of sp³-hybridized carbons (Fsp3) is 0.500. The molecule has 1 aromatic heterocycles. The number of fused-ring (bicyclic) bond motifs is 1. The van der Waals surface area contributed by atoms with E-state index < -0.39 is 19.1 Å². The van der Waals surface area contributed by atoms with Gasteiger partial charge in [-0.25, -0.2) is 0 Å². The normalized spacial score (nSPS) is 23.3. The Hall–Kier alpha value is -1.73. The fourth-order valence-electron chi connectivity index (χ4n) is 3.24. The van der Waals surface area contributed by atoms with E-state index in [0.29, 0.717) is 22.1 Å². The molecule has 2 aliphatic rings. The van der Waals surface area contributed by atoms with Crippen molar-refractivity contribution in [3.63, 3.8) is 0 Å². The van der Waals surface area contributed by atoms with Gasteiger partial charge in [0.15, 0.2) is 6.61 Å². The van der Waals surface area contributed by atoms with Crippen LogP contribution in [0.2, 0.25) is 4.34 Å². The third kappa shape index (κ3) is 3.37. The van der Waals surface area contributed by atoms with Crippen LogP contribution in [0.15, 0.2) is 12.1 Å². The van der Waals surface area contributed by atoms with Gasteiger partial charge in [-0.3, -0.25) is 24.1 Å². The van der Waals surface area contributed by atoms with E-state index >= 15 is 0 Å². The molecule has 1 saturated carbocycles. The second kappa shape index (κ2) is 7.03. The number of rotatable bonds is 5. The van der Waals surface area contributed by atoms with Gasteiger partial charge in [0.2, 0.25) is 17.6 Å². The van der Waals surface area contributed by atoms with Crippen LogP contribution in [0.3, 0.4) is 0 Å². The summed E-state index contributed by atoms with van der Waals surface area (Å²) in [6.45, 7) is -0.859. The van der Waals surface area contributed by atoms with E-state index in [0.717, 1.165) is 29.1 Å². The number of carbonyl (C=O) groups excluding carboxylic acids is 4. The van der Waals surface area contributed by atoms with E-state index in [1.807, 2.05) is 0 Å². The van der Waals surface area contributed by atoms with Crippen molar-refractivity contribution in [1.82, 2.24) is 4.90 Å². The number of nitrogens with zero attached hydrogens (tertiary/aromatic N) is 1. The second-order valence-electron chi connectivity index (χ2n) is 5.95. The number of hydrogen-bond acceptors (Lipinski definition) is 6. The molecule has 1 aliphatic carbocycles. The van der Waals surface area contributed by atoms with Gasteiger partial charge in [0.1, 0.15) is 6.54 Å². The number of likely N-dealkylation sites (tertiary alicyclic amines) is 1.